The van der Waals surface area contributed by atoms with Gasteiger partial charge in [-0.1, -0.05) is 31.5 Å². The number of benzene rings is 1. The maximum Gasteiger partial charge on any atom is 0.407 e. The molecule has 6 heteroatoms. The van der Waals surface area contributed by atoms with Crippen LogP contribution < -0.4 is 14.8 Å². The predicted molar refractivity (Wildman–Crippen MR) is 75.6 cm³/mol. The van der Waals surface area contributed by atoms with Gasteiger partial charge in [0.2, 0.25) is 0 Å². The minimum absolute atomic E-state index is 0.254. The zero-order chi connectivity index (χ0) is 14.9. The molecular weight excluding hydrogens is 282 g/mol. The zero-order valence-corrected chi connectivity index (χ0v) is 12.7. The van der Waals surface area contributed by atoms with Gasteiger partial charge in [-0.2, -0.15) is 0 Å². The second-order valence-corrected chi connectivity index (χ2v) is 5.72. The first-order valence-electron chi connectivity index (χ1n) is 6.24. The van der Waals surface area contributed by atoms with Gasteiger partial charge in [0.05, 0.1) is 25.3 Å². The molecule has 0 aromatic heterocycles. The highest BCUT2D eigenvalue weighted by Crippen LogP contribution is 2.45. The molecule has 0 unspecified atom stereocenters. The third kappa shape index (κ3) is 2.50. The summed E-state index contributed by atoms with van der Waals surface area (Å²) in [5.74, 6) is 1.01. The van der Waals surface area contributed by atoms with Crippen molar-refractivity contribution in [3.05, 3.63) is 22.7 Å². The van der Waals surface area contributed by atoms with Crippen molar-refractivity contribution in [2.45, 2.75) is 19.9 Å². The second kappa shape index (κ2) is 5.40. The quantitative estimate of drug-likeness (QED) is 0.931. The summed E-state index contributed by atoms with van der Waals surface area (Å²) in [6.07, 6.45) is -0.444. The molecule has 1 aliphatic heterocycles. The lowest BCUT2D eigenvalue weighted by molar-refractivity contribution is 0.0387. The van der Waals surface area contributed by atoms with Gasteiger partial charge in [0.1, 0.15) is 6.61 Å². The van der Waals surface area contributed by atoms with Crippen LogP contribution in [-0.4, -0.2) is 26.9 Å². The van der Waals surface area contributed by atoms with Crippen LogP contribution in [0.4, 0.5) is 4.79 Å². The Balaban J connectivity index is 2.48. The maximum absolute atomic E-state index is 11.5. The molecule has 110 valence electrons. The number of carbonyl (C=O) groups is 1. The number of methoxy groups -OCH3 is 2. The highest BCUT2D eigenvalue weighted by Gasteiger charge is 2.39. The number of hydrogen-bond acceptors (Lipinski definition) is 4. The fourth-order valence-corrected chi connectivity index (χ4v) is 2.66. The Morgan fingerprint density at radius 1 is 1.35 bits per heavy atom. The van der Waals surface area contributed by atoms with Gasteiger partial charge in [0.25, 0.3) is 0 Å². The Morgan fingerprint density at radius 2 is 2.05 bits per heavy atom. The van der Waals surface area contributed by atoms with Crippen LogP contribution in [0.2, 0.25) is 5.02 Å². The van der Waals surface area contributed by atoms with Crippen molar-refractivity contribution in [3.8, 4) is 11.5 Å². The smallest absolute Gasteiger partial charge is 0.407 e. The van der Waals surface area contributed by atoms with Gasteiger partial charge in [-0.25, -0.2) is 4.79 Å². The maximum atomic E-state index is 11.5. The van der Waals surface area contributed by atoms with Gasteiger partial charge in [0.15, 0.2) is 11.5 Å². The third-order valence-electron chi connectivity index (χ3n) is 3.44. The Kier molecular flexibility index (Phi) is 3.99. The van der Waals surface area contributed by atoms with Crippen LogP contribution in [0.25, 0.3) is 0 Å². The molecule has 5 nitrogen and oxygen atoms in total. The number of amides is 1. The van der Waals surface area contributed by atoms with Crippen molar-refractivity contribution in [3.63, 3.8) is 0 Å². The van der Waals surface area contributed by atoms with Gasteiger partial charge < -0.3 is 19.5 Å². The summed E-state index contributed by atoms with van der Waals surface area (Å²) in [7, 11) is 3.08. The van der Waals surface area contributed by atoms with E-state index in [-0.39, 0.29) is 11.5 Å². The molecule has 1 heterocycles. The normalized spacial score (nSPS) is 20.9. The summed E-state index contributed by atoms with van der Waals surface area (Å²) in [6, 6.07) is 3.36. The SMILES string of the molecule is COc1ccc([C@@H]2NC(=O)OCC2(C)C)c(Cl)c1OC. The number of cyclic esters (lactones) is 1. The average molecular weight is 300 g/mol. The molecule has 1 aromatic rings. The molecule has 2 rings (SSSR count). The summed E-state index contributed by atoms with van der Waals surface area (Å²) < 4.78 is 15.5. The van der Waals surface area contributed by atoms with Gasteiger partial charge in [-0.3, -0.25) is 0 Å². The molecule has 1 fully saturated rings. The molecule has 0 radical (unpaired) electrons. The molecule has 0 spiro atoms. The summed E-state index contributed by atoms with van der Waals surface area (Å²) >= 11 is 6.40. The Hall–Kier alpha value is -1.62. The summed E-state index contributed by atoms with van der Waals surface area (Å²) in [5, 5.41) is 3.25. The second-order valence-electron chi connectivity index (χ2n) is 5.35. The van der Waals surface area contributed by atoms with Gasteiger partial charge in [-0.05, 0) is 11.6 Å². The third-order valence-corrected chi connectivity index (χ3v) is 3.83. The van der Waals surface area contributed by atoms with E-state index in [0.717, 1.165) is 5.56 Å². The van der Waals surface area contributed by atoms with E-state index in [2.05, 4.69) is 5.32 Å². The van der Waals surface area contributed by atoms with Crippen LogP contribution in [0.1, 0.15) is 25.5 Å². The van der Waals surface area contributed by atoms with Crippen molar-refractivity contribution in [1.29, 1.82) is 0 Å². The first-order chi connectivity index (χ1) is 9.40. The number of halogens is 1. The lowest BCUT2D eigenvalue weighted by Gasteiger charge is -2.39. The Bertz CT molecular complexity index is 530. The van der Waals surface area contributed by atoms with Crippen LogP contribution >= 0.6 is 11.6 Å². The van der Waals surface area contributed by atoms with E-state index < -0.39 is 6.09 Å². The minimum atomic E-state index is -0.444. The van der Waals surface area contributed by atoms with E-state index in [9.17, 15) is 4.79 Å². The molecule has 0 aliphatic carbocycles. The van der Waals surface area contributed by atoms with Crippen molar-refractivity contribution < 1.29 is 19.0 Å². The number of nitrogens with one attached hydrogen (secondary N) is 1. The van der Waals surface area contributed by atoms with E-state index in [1.54, 1.807) is 13.2 Å². The molecule has 20 heavy (non-hydrogen) atoms. The number of alkyl carbamates (subject to hydrolysis) is 1. The summed E-state index contributed by atoms with van der Waals surface area (Å²) in [6.45, 7) is 4.34. The van der Waals surface area contributed by atoms with Crippen LogP contribution in [0, 0.1) is 5.41 Å². The number of carbonyl (C=O) groups excluding carboxylic acids is 1. The highest BCUT2D eigenvalue weighted by atomic mass is 35.5. The fraction of sp³-hybridized carbons (Fsp3) is 0.500. The van der Waals surface area contributed by atoms with Crippen LogP contribution in [0.15, 0.2) is 12.1 Å². The zero-order valence-electron chi connectivity index (χ0n) is 12.0. The predicted octanol–water partition coefficient (Wildman–Crippen LogP) is 3.16. The summed E-state index contributed by atoms with van der Waals surface area (Å²) in [5.41, 5.74) is 0.503. The molecule has 1 aromatic carbocycles. The molecular formula is C14H18ClNO4. The molecule has 1 saturated heterocycles. The van der Waals surface area contributed by atoms with Crippen LogP contribution in [0.3, 0.4) is 0 Å². The molecule has 0 saturated carbocycles. The van der Waals surface area contributed by atoms with E-state index in [1.807, 2.05) is 19.9 Å². The first-order valence-corrected chi connectivity index (χ1v) is 6.62. The molecule has 1 amide bonds. The van der Waals surface area contributed by atoms with Gasteiger partial charge in [-0.15, -0.1) is 0 Å². The largest absolute Gasteiger partial charge is 0.493 e. The Morgan fingerprint density at radius 3 is 2.65 bits per heavy atom. The minimum Gasteiger partial charge on any atom is -0.493 e. The summed E-state index contributed by atoms with van der Waals surface area (Å²) in [4.78, 5) is 11.5. The average Bonchev–Trinajstić information content (AvgIpc) is 2.41. The van der Waals surface area contributed by atoms with E-state index >= 15 is 0 Å². The van der Waals surface area contributed by atoms with Crippen molar-refractivity contribution in [1.82, 2.24) is 5.32 Å². The first kappa shape index (κ1) is 14.8. The van der Waals surface area contributed by atoms with E-state index in [4.69, 9.17) is 25.8 Å². The molecule has 1 atom stereocenters. The lowest BCUT2D eigenvalue weighted by atomic mass is 9.80. The highest BCUT2D eigenvalue weighted by molar-refractivity contribution is 6.33. The number of ether oxygens (including phenoxy) is 3. The molecule has 1 aliphatic rings. The van der Waals surface area contributed by atoms with Crippen LogP contribution in [0.5, 0.6) is 11.5 Å². The number of hydrogen-bond donors (Lipinski definition) is 1. The van der Waals surface area contributed by atoms with Gasteiger partial charge in [0, 0.05) is 5.41 Å². The van der Waals surface area contributed by atoms with E-state index in [0.29, 0.717) is 23.1 Å². The van der Waals surface area contributed by atoms with Crippen molar-refractivity contribution >= 4 is 17.7 Å². The van der Waals surface area contributed by atoms with Crippen molar-refractivity contribution in [2.24, 2.45) is 5.41 Å². The standard InChI is InChI=1S/C14H18ClNO4/c1-14(2)7-20-13(17)16-12(14)8-5-6-9(18-3)11(19-4)10(8)15/h5-6,12H,7H2,1-4H3,(H,16,17)/t12-/m0/s1. The van der Waals surface area contributed by atoms with E-state index in [1.165, 1.54) is 7.11 Å². The lowest BCUT2D eigenvalue weighted by Crippen LogP contribution is -2.47. The van der Waals surface area contributed by atoms with Crippen LogP contribution in [-0.2, 0) is 4.74 Å². The fourth-order valence-electron chi connectivity index (χ4n) is 2.32. The topological polar surface area (TPSA) is 56.8 Å². The molecule has 1 N–H and O–H groups in total. The molecule has 0 bridgehead atoms. The van der Waals surface area contributed by atoms with Crippen molar-refractivity contribution in [2.75, 3.05) is 20.8 Å². The monoisotopic (exact) mass is 299 g/mol. The number of rotatable bonds is 3. The van der Waals surface area contributed by atoms with Gasteiger partial charge >= 0.3 is 6.09 Å². The Labute approximate surface area is 123 Å².